The van der Waals surface area contributed by atoms with Crippen molar-refractivity contribution in [3.63, 3.8) is 0 Å². The number of amides is 2. The zero-order chi connectivity index (χ0) is 16.8. The molecule has 1 aliphatic carbocycles. The minimum atomic E-state index is -0.557. The summed E-state index contributed by atoms with van der Waals surface area (Å²) in [5.41, 5.74) is 5.10. The number of primary amides is 1. The molecule has 1 aromatic heterocycles. The largest absolute Gasteiger partial charge is 0.383 e. The highest BCUT2D eigenvalue weighted by Crippen LogP contribution is 2.24. The van der Waals surface area contributed by atoms with Crippen LogP contribution < -0.4 is 11.3 Å². The summed E-state index contributed by atoms with van der Waals surface area (Å²) in [6, 6.07) is 2.68. The van der Waals surface area contributed by atoms with Crippen molar-refractivity contribution in [2.75, 3.05) is 20.3 Å². The fraction of sp³-hybridized carbons (Fsp3) is 0.600. The van der Waals surface area contributed by atoms with Gasteiger partial charge in [-0.3, -0.25) is 14.4 Å². The van der Waals surface area contributed by atoms with Gasteiger partial charge in [-0.15, -0.1) is 0 Å². The molecule has 2 rings (SSSR count). The van der Waals surface area contributed by atoms with E-state index in [0.717, 1.165) is 25.7 Å². The van der Waals surface area contributed by atoms with Gasteiger partial charge >= 0.3 is 0 Å². The van der Waals surface area contributed by atoms with E-state index in [1.54, 1.807) is 0 Å². The van der Waals surface area contributed by atoms with Gasteiger partial charge in [0.2, 0.25) is 5.91 Å². The Morgan fingerprint density at radius 2 is 2.09 bits per heavy atom. The molecule has 1 aromatic rings. The van der Waals surface area contributed by atoms with E-state index >= 15 is 0 Å². The molecule has 1 heterocycles. The summed E-state index contributed by atoms with van der Waals surface area (Å²) in [5.74, 6) is -0.931. The summed E-state index contributed by atoms with van der Waals surface area (Å²) in [4.78, 5) is 37.2. The van der Waals surface area contributed by atoms with Crippen LogP contribution in [0.25, 0.3) is 0 Å². The quantitative estimate of drug-likeness (QED) is 0.745. The van der Waals surface area contributed by atoms with Crippen LogP contribution in [0.15, 0.2) is 16.9 Å². The van der Waals surface area contributed by atoms with Crippen molar-refractivity contribution >= 4 is 11.8 Å². The first-order valence-corrected chi connectivity index (χ1v) is 7.69. The molecule has 1 aliphatic rings. The third kappa shape index (κ3) is 4.38. The Balaban J connectivity index is 2.24. The second-order valence-electron chi connectivity index (χ2n) is 5.61. The molecule has 0 spiro atoms. The van der Waals surface area contributed by atoms with Crippen LogP contribution >= 0.6 is 0 Å². The number of carbonyl (C=O) groups is 2. The number of aromatic nitrogens is 2. The molecular weight excluding hydrogens is 300 g/mol. The highest BCUT2D eigenvalue weighted by molar-refractivity contribution is 5.94. The minimum Gasteiger partial charge on any atom is -0.383 e. The summed E-state index contributed by atoms with van der Waals surface area (Å²) in [6.45, 7) is 0.441. The lowest BCUT2D eigenvalue weighted by Gasteiger charge is -2.27. The number of rotatable bonds is 7. The summed E-state index contributed by atoms with van der Waals surface area (Å²) in [6.07, 6.45) is 3.74. The zero-order valence-corrected chi connectivity index (χ0v) is 13.2. The maximum atomic E-state index is 12.7. The zero-order valence-electron chi connectivity index (χ0n) is 13.2. The monoisotopic (exact) mass is 322 g/mol. The van der Waals surface area contributed by atoms with Crippen molar-refractivity contribution in [2.45, 2.75) is 38.3 Å². The van der Waals surface area contributed by atoms with Crippen molar-refractivity contribution in [3.8, 4) is 0 Å². The lowest BCUT2D eigenvalue weighted by molar-refractivity contribution is -0.119. The molecule has 23 heavy (non-hydrogen) atoms. The Hall–Kier alpha value is -2.22. The molecular formula is C15H22N4O4. The van der Waals surface area contributed by atoms with E-state index in [2.05, 4.69) is 5.10 Å². The highest BCUT2D eigenvalue weighted by atomic mass is 16.5. The van der Waals surface area contributed by atoms with Crippen LogP contribution in [0, 0.1) is 0 Å². The van der Waals surface area contributed by atoms with Gasteiger partial charge < -0.3 is 15.4 Å². The average Bonchev–Trinajstić information content (AvgIpc) is 3.05. The summed E-state index contributed by atoms with van der Waals surface area (Å²) in [5, 5.41) is 4.09. The third-order valence-electron chi connectivity index (χ3n) is 3.95. The molecule has 126 valence electrons. The van der Waals surface area contributed by atoms with Crippen molar-refractivity contribution in [1.29, 1.82) is 0 Å². The van der Waals surface area contributed by atoms with E-state index in [9.17, 15) is 14.4 Å². The van der Waals surface area contributed by atoms with Gasteiger partial charge in [-0.1, -0.05) is 12.8 Å². The number of hydrogen-bond donors (Lipinski definition) is 1. The standard InChI is InChI=1S/C15H22N4O4/c1-23-9-8-19-14(21)7-6-12(17-19)15(22)18(10-13(16)20)11-4-2-3-5-11/h6-7,11H,2-5,8-10H2,1H3,(H2,16,20). The number of carbonyl (C=O) groups excluding carboxylic acids is 2. The van der Waals surface area contributed by atoms with Crippen LogP contribution in [0.5, 0.6) is 0 Å². The van der Waals surface area contributed by atoms with Crippen LogP contribution in [-0.4, -0.2) is 52.8 Å². The SMILES string of the molecule is COCCn1nc(C(=O)N(CC(N)=O)C2CCCC2)ccc1=O. The highest BCUT2D eigenvalue weighted by Gasteiger charge is 2.29. The Kier molecular flexibility index (Phi) is 5.86. The predicted octanol–water partition coefficient (Wildman–Crippen LogP) is -0.240. The normalized spacial score (nSPS) is 14.8. The molecule has 0 atom stereocenters. The Morgan fingerprint density at radius 3 is 2.70 bits per heavy atom. The molecule has 2 N–H and O–H groups in total. The first-order valence-electron chi connectivity index (χ1n) is 7.69. The van der Waals surface area contributed by atoms with Crippen LogP contribution in [0.1, 0.15) is 36.2 Å². The molecule has 8 nitrogen and oxygen atoms in total. The molecule has 0 bridgehead atoms. The lowest BCUT2D eigenvalue weighted by Crippen LogP contribution is -2.45. The molecule has 0 unspecified atom stereocenters. The van der Waals surface area contributed by atoms with E-state index in [1.807, 2.05) is 0 Å². The molecule has 0 aromatic carbocycles. The van der Waals surface area contributed by atoms with Crippen LogP contribution in [-0.2, 0) is 16.1 Å². The van der Waals surface area contributed by atoms with Gasteiger partial charge in [0.15, 0.2) is 0 Å². The average molecular weight is 322 g/mol. The van der Waals surface area contributed by atoms with Gasteiger partial charge in [0.05, 0.1) is 19.7 Å². The van der Waals surface area contributed by atoms with E-state index in [0.29, 0.717) is 6.61 Å². The Morgan fingerprint density at radius 1 is 1.39 bits per heavy atom. The van der Waals surface area contributed by atoms with Crippen molar-refractivity contribution < 1.29 is 14.3 Å². The molecule has 1 fully saturated rings. The predicted molar refractivity (Wildman–Crippen MR) is 82.9 cm³/mol. The summed E-state index contributed by atoms with van der Waals surface area (Å²) >= 11 is 0. The first kappa shape index (κ1) is 17.1. The van der Waals surface area contributed by atoms with Crippen molar-refractivity contribution in [3.05, 3.63) is 28.2 Å². The molecule has 0 radical (unpaired) electrons. The van der Waals surface area contributed by atoms with E-state index < -0.39 is 5.91 Å². The van der Waals surface area contributed by atoms with Gasteiger partial charge in [-0.05, 0) is 18.9 Å². The van der Waals surface area contributed by atoms with Crippen LogP contribution in [0.2, 0.25) is 0 Å². The van der Waals surface area contributed by atoms with Gasteiger partial charge in [-0.25, -0.2) is 4.68 Å². The minimum absolute atomic E-state index is 0.00356. The van der Waals surface area contributed by atoms with Crippen molar-refractivity contribution in [1.82, 2.24) is 14.7 Å². The van der Waals surface area contributed by atoms with E-state index in [1.165, 1.54) is 28.8 Å². The number of methoxy groups -OCH3 is 1. The number of ether oxygens (including phenoxy) is 1. The third-order valence-corrected chi connectivity index (χ3v) is 3.95. The number of hydrogen-bond acceptors (Lipinski definition) is 5. The lowest BCUT2D eigenvalue weighted by atomic mass is 10.2. The second kappa shape index (κ2) is 7.87. The number of nitrogens with two attached hydrogens (primary N) is 1. The molecule has 0 aliphatic heterocycles. The van der Waals surface area contributed by atoms with E-state index in [-0.39, 0.29) is 36.3 Å². The summed E-state index contributed by atoms with van der Waals surface area (Å²) in [7, 11) is 1.52. The Bertz CT molecular complexity index is 622. The molecule has 2 amide bonds. The molecule has 8 heteroatoms. The second-order valence-corrected chi connectivity index (χ2v) is 5.61. The van der Waals surface area contributed by atoms with Crippen LogP contribution in [0.4, 0.5) is 0 Å². The Labute approximate surface area is 134 Å². The molecule has 1 saturated carbocycles. The van der Waals surface area contributed by atoms with Gasteiger partial charge in [0.25, 0.3) is 11.5 Å². The topological polar surface area (TPSA) is 108 Å². The van der Waals surface area contributed by atoms with Gasteiger partial charge in [0.1, 0.15) is 5.69 Å². The smallest absolute Gasteiger partial charge is 0.275 e. The number of nitrogens with zero attached hydrogens (tertiary/aromatic N) is 3. The van der Waals surface area contributed by atoms with Gasteiger partial charge in [0, 0.05) is 19.2 Å². The van der Waals surface area contributed by atoms with E-state index in [4.69, 9.17) is 10.5 Å². The fourth-order valence-electron chi connectivity index (χ4n) is 2.80. The summed E-state index contributed by atoms with van der Waals surface area (Å²) < 4.78 is 6.11. The maximum absolute atomic E-state index is 12.7. The van der Waals surface area contributed by atoms with Crippen LogP contribution in [0.3, 0.4) is 0 Å². The van der Waals surface area contributed by atoms with Gasteiger partial charge in [-0.2, -0.15) is 5.10 Å². The maximum Gasteiger partial charge on any atom is 0.275 e. The molecule has 0 saturated heterocycles. The first-order chi connectivity index (χ1) is 11.0. The van der Waals surface area contributed by atoms with Crippen molar-refractivity contribution in [2.24, 2.45) is 5.73 Å². The fourth-order valence-corrected chi connectivity index (χ4v) is 2.80.